The molecule has 60 valence electrons. The van der Waals surface area contributed by atoms with Crippen molar-refractivity contribution in [3.05, 3.63) is 29.8 Å². The lowest BCUT2D eigenvalue weighted by atomic mass is 10.1. The van der Waals surface area contributed by atoms with E-state index in [1.165, 1.54) is 5.56 Å². The van der Waals surface area contributed by atoms with E-state index in [0.29, 0.717) is 5.82 Å². The fourth-order valence-electron chi connectivity index (χ4n) is 1.18. The van der Waals surface area contributed by atoms with E-state index in [4.69, 9.17) is 5.73 Å². The van der Waals surface area contributed by atoms with Gasteiger partial charge in [-0.3, -0.25) is 0 Å². The average Bonchev–Trinajstić information content (AvgIpc) is 2.03. The molecule has 0 aliphatic carbocycles. The van der Waals surface area contributed by atoms with E-state index in [2.05, 4.69) is 10.2 Å². The number of benzene rings is 1. The third-order valence-electron chi connectivity index (χ3n) is 1.76. The van der Waals surface area contributed by atoms with Gasteiger partial charge in [-0.1, -0.05) is 11.6 Å². The Morgan fingerprint density at radius 2 is 2.00 bits per heavy atom. The first-order valence-corrected chi connectivity index (χ1v) is 3.75. The quantitative estimate of drug-likeness (QED) is 0.634. The summed E-state index contributed by atoms with van der Waals surface area (Å²) in [4.78, 5) is 0. The number of rotatable bonds is 0. The topological polar surface area (TPSA) is 51.8 Å². The van der Waals surface area contributed by atoms with Gasteiger partial charge in [-0.25, -0.2) is 0 Å². The molecular weight excluding hydrogens is 150 g/mol. The van der Waals surface area contributed by atoms with Crippen molar-refractivity contribution in [2.24, 2.45) is 0 Å². The Kier molecular flexibility index (Phi) is 1.43. The maximum atomic E-state index is 5.50. The predicted octanol–water partition coefficient (Wildman–Crippen LogP) is 1.52. The Bertz CT molecular complexity index is 386. The fourth-order valence-corrected chi connectivity index (χ4v) is 1.18. The third kappa shape index (κ3) is 1.09. The number of aromatic nitrogens is 2. The molecule has 2 N–H and O–H groups in total. The number of nitrogen functional groups attached to an aromatic ring is 1. The molecule has 0 saturated carbocycles. The van der Waals surface area contributed by atoms with Crippen LogP contribution in [0.1, 0.15) is 5.56 Å². The molecule has 0 spiro atoms. The summed E-state index contributed by atoms with van der Waals surface area (Å²) in [5, 5.41) is 8.76. The van der Waals surface area contributed by atoms with E-state index in [9.17, 15) is 0 Å². The van der Waals surface area contributed by atoms with Crippen molar-refractivity contribution in [1.82, 2.24) is 10.2 Å². The van der Waals surface area contributed by atoms with Gasteiger partial charge < -0.3 is 5.73 Å². The van der Waals surface area contributed by atoms with E-state index < -0.39 is 0 Å². The van der Waals surface area contributed by atoms with Crippen molar-refractivity contribution in [3.8, 4) is 0 Å². The first-order valence-electron chi connectivity index (χ1n) is 3.75. The Balaban J connectivity index is 2.80. The Hall–Kier alpha value is -1.64. The van der Waals surface area contributed by atoms with Crippen LogP contribution in [0.5, 0.6) is 0 Å². The molecule has 0 atom stereocenters. The minimum atomic E-state index is 0.466. The largest absolute Gasteiger partial charge is 0.382 e. The lowest BCUT2D eigenvalue weighted by Crippen LogP contribution is -1.92. The van der Waals surface area contributed by atoms with Gasteiger partial charge in [0, 0.05) is 5.39 Å². The molecular formula is C9H9N3. The predicted molar refractivity (Wildman–Crippen MR) is 48.7 cm³/mol. The zero-order chi connectivity index (χ0) is 8.55. The van der Waals surface area contributed by atoms with E-state index in [1.54, 1.807) is 0 Å². The summed E-state index contributed by atoms with van der Waals surface area (Å²) in [7, 11) is 0. The van der Waals surface area contributed by atoms with Gasteiger partial charge in [-0.15, -0.1) is 10.2 Å². The number of aryl methyl sites for hydroxylation is 1. The molecule has 1 aromatic heterocycles. The van der Waals surface area contributed by atoms with E-state index in [1.807, 2.05) is 31.2 Å². The molecule has 0 unspecified atom stereocenters. The van der Waals surface area contributed by atoms with Gasteiger partial charge in [0.15, 0.2) is 0 Å². The summed E-state index contributed by atoms with van der Waals surface area (Å²) in [5.41, 5.74) is 7.59. The van der Waals surface area contributed by atoms with Crippen molar-refractivity contribution in [2.75, 3.05) is 5.73 Å². The van der Waals surface area contributed by atoms with Gasteiger partial charge >= 0.3 is 0 Å². The molecule has 0 fully saturated rings. The highest BCUT2D eigenvalue weighted by Crippen LogP contribution is 2.13. The molecule has 1 heterocycles. The monoisotopic (exact) mass is 159 g/mol. The number of nitrogens with zero attached hydrogens (tertiary/aromatic N) is 2. The maximum absolute atomic E-state index is 5.50. The van der Waals surface area contributed by atoms with Crippen molar-refractivity contribution < 1.29 is 0 Å². The van der Waals surface area contributed by atoms with Gasteiger partial charge in [0.05, 0.1) is 5.52 Å². The summed E-state index contributed by atoms with van der Waals surface area (Å²) >= 11 is 0. The standard InChI is InChI=1S/C9H9N3/c1-6-2-3-8-7(4-6)5-9(10)12-11-8/h2-5H,1H3,(H2,10,12). The highest BCUT2D eigenvalue weighted by molar-refractivity contribution is 5.80. The number of fused-ring (bicyclic) bond motifs is 1. The summed E-state index contributed by atoms with van der Waals surface area (Å²) in [5.74, 6) is 0.466. The Morgan fingerprint density at radius 1 is 1.17 bits per heavy atom. The first-order chi connectivity index (χ1) is 5.75. The second kappa shape index (κ2) is 2.44. The summed E-state index contributed by atoms with van der Waals surface area (Å²) in [6.07, 6.45) is 0. The number of hydrogen-bond acceptors (Lipinski definition) is 3. The lowest BCUT2D eigenvalue weighted by Gasteiger charge is -1.97. The first kappa shape index (κ1) is 7.03. The van der Waals surface area contributed by atoms with Gasteiger partial charge in [0.1, 0.15) is 5.82 Å². The second-order valence-electron chi connectivity index (χ2n) is 2.83. The number of hydrogen-bond donors (Lipinski definition) is 1. The van der Waals surface area contributed by atoms with Crippen LogP contribution in [0.25, 0.3) is 10.9 Å². The second-order valence-corrected chi connectivity index (χ2v) is 2.83. The molecule has 0 aliphatic heterocycles. The zero-order valence-electron chi connectivity index (χ0n) is 6.78. The lowest BCUT2D eigenvalue weighted by molar-refractivity contribution is 1.09. The van der Waals surface area contributed by atoms with E-state index in [0.717, 1.165) is 10.9 Å². The number of nitrogens with two attached hydrogens (primary N) is 1. The van der Waals surface area contributed by atoms with Crippen LogP contribution in [0, 0.1) is 6.92 Å². The molecule has 0 bridgehead atoms. The molecule has 12 heavy (non-hydrogen) atoms. The molecule has 0 saturated heterocycles. The zero-order valence-corrected chi connectivity index (χ0v) is 6.78. The molecule has 3 heteroatoms. The van der Waals surface area contributed by atoms with Crippen LogP contribution in [0.15, 0.2) is 24.3 Å². The summed E-state index contributed by atoms with van der Waals surface area (Å²) in [6, 6.07) is 7.82. The highest BCUT2D eigenvalue weighted by Gasteiger charge is 1.95. The maximum Gasteiger partial charge on any atom is 0.146 e. The Labute approximate surface area is 70.2 Å². The molecule has 3 nitrogen and oxygen atoms in total. The smallest absolute Gasteiger partial charge is 0.146 e. The van der Waals surface area contributed by atoms with Gasteiger partial charge in [0.25, 0.3) is 0 Å². The molecule has 0 amide bonds. The van der Waals surface area contributed by atoms with Crippen molar-refractivity contribution in [1.29, 1.82) is 0 Å². The van der Waals surface area contributed by atoms with Gasteiger partial charge in [-0.2, -0.15) is 0 Å². The average molecular weight is 159 g/mol. The molecule has 1 aromatic carbocycles. The minimum absolute atomic E-state index is 0.466. The van der Waals surface area contributed by atoms with Crippen molar-refractivity contribution in [3.63, 3.8) is 0 Å². The normalized spacial score (nSPS) is 10.4. The SMILES string of the molecule is Cc1ccc2nnc(N)cc2c1. The van der Waals surface area contributed by atoms with Crippen molar-refractivity contribution >= 4 is 16.7 Å². The third-order valence-corrected chi connectivity index (χ3v) is 1.76. The molecule has 0 radical (unpaired) electrons. The van der Waals surface area contributed by atoms with Crippen molar-refractivity contribution in [2.45, 2.75) is 6.92 Å². The van der Waals surface area contributed by atoms with Crippen LogP contribution in [0.4, 0.5) is 5.82 Å². The Morgan fingerprint density at radius 3 is 2.83 bits per heavy atom. The van der Waals surface area contributed by atoms with Gasteiger partial charge in [0.2, 0.25) is 0 Å². The van der Waals surface area contributed by atoms with Gasteiger partial charge in [-0.05, 0) is 25.1 Å². The van der Waals surface area contributed by atoms with Crippen LogP contribution < -0.4 is 5.73 Å². The highest BCUT2D eigenvalue weighted by atomic mass is 15.1. The van der Waals surface area contributed by atoms with Crippen LogP contribution in [-0.4, -0.2) is 10.2 Å². The molecule has 0 aliphatic rings. The fraction of sp³-hybridized carbons (Fsp3) is 0.111. The summed E-state index contributed by atoms with van der Waals surface area (Å²) in [6.45, 7) is 2.04. The molecule has 2 rings (SSSR count). The van der Waals surface area contributed by atoms with E-state index >= 15 is 0 Å². The van der Waals surface area contributed by atoms with Crippen LogP contribution in [-0.2, 0) is 0 Å². The van der Waals surface area contributed by atoms with Crippen LogP contribution in [0.3, 0.4) is 0 Å². The van der Waals surface area contributed by atoms with E-state index in [-0.39, 0.29) is 0 Å². The minimum Gasteiger partial charge on any atom is -0.382 e. The summed E-state index contributed by atoms with van der Waals surface area (Å²) < 4.78 is 0. The number of anilines is 1. The van der Waals surface area contributed by atoms with Crippen LogP contribution in [0.2, 0.25) is 0 Å². The molecule has 2 aromatic rings. The van der Waals surface area contributed by atoms with Crippen LogP contribution >= 0.6 is 0 Å².